The Bertz CT molecular complexity index is 977. The van der Waals surface area contributed by atoms with Gasteiger partial charge in [-0.25, -0.2) is 4.39 Å². The molecule has 0 aliphatic carbocycles. The van der Waals surface area contributed by atoms with Crippen molar-refractivity contribution in [1.29, 1.82) is 0 Å². The van der Waals surface area contributed by atoms with Crippen molar-refractivity contribution >= 4 is 23.0 Å². The minimum absolute atomic E-state index is 0.108. The number of nitrogens with zero attached hydrogens (tertiary/aromatic N) is 1. The van der Waals surface area contributed by atoms with E-state index in [4.69, 9.17) is 0 Å². The van der Waals surface area contributed by atoms with Crippen LogP contribution in [0.4, 0.5) is 21.5 Å². The summed E-state index contributed by atoms with van der Waals surface area (Å²) in [5, 5.41) is 16.9. The van der Waals surface area contributed by atoms with Crippen molar-refractivity contribution in [2.75, 3.05) is 10.6 Å². The maximum Gasteiger partial charge on any atom is 0.293 e. The number of amides is 1. The number of hydrogen-bond acceptors (Lipinski definition) is 4. The van der Waals surface area contributed by atoms with Crippen molar-refractivity contribution < 1.29 is 14.1 Å². The van der Waals surface area contributed by atoms with Gasteiger partial charge in [-0.2, -0.15) is 0 Å². The molecule has 0 radical (unpaired) electrons. The molecule has 6 nitrogen and oxygen atoms in total. The number of nitrogens with one attached hydrogen (secondary N) is 2. The van der Waals surface area contributed by atoms with Gasteiger partial charge in [-0.15, -0.1) is 0 Å². The number of rotatable bonds is 6. The molecule has 27 heavy (non-hydrogen) atoms. The summed E-state index contributed by atoms with van der Waals surface area (Å²) in [5.41, 5.74) is 1.45. The van der Waals surface area contributed by atoms with Crippen LogP contribution in [0.15, 0.2) is 72.8 Å². The van der Waals surface area contributed by atoms with Gasteiger partial charge in [-0.05, 0) is 35.9 Å². The molecule has 0 heterocycles. The highest BCUT2D eigenvalue weighted by molar-refractivity contribution is 6.05. The van der Waals surface area contributed by atoms with Crippen LogP contribution in [-0.2, 0) is 6.54 Å². The van der Waals surface area contributed by atoms with Crippen LogP contribution in [-0.4, -0.2) is 10.8 Å². The van der Waals surface area contributed by atoms with Crippen molar-refractivity contribution in [2.45, 2.75) is 6.54 Å². The predicted molar refractivity (Wildman–Crippen MR) is 101 cm³/mol. The molecule has 7 heteroatoms. The number of nitro groups is 1. The van der Waals surface area contributed by atoms with E-state index >= 15 is 0 Å². The molecule has 0 aliphatic heterocycles. The zero-order valence-electron chi connectivity index (χ0n) is 14.2. The summed E-state index contributed by atoms with van der Waals surface area (Å²) in [6, 6.07) is 19.0. The van der Waals surface area contributed by atoms with Gasteiger partial charge in [0.2, 0.25) is 0 Å². The van der Waals surface area contributed by atoms with E-state index in [2.05, 4.69) is 10.6 Å². The van der Waals surface area contributed by atoms with E-state index in [1.807, 2.05) is 30.3 Å². The van der Waals surface area contributed by atoms with Gasteiger partial charge in [0.15, 0.2) is 0 Å². The Hall–Kier alpha value is -3.74. The number of halogens is 1. The molecule has 0 bridgehead atoms. The second-order valence-corrected chi connectivity index (χ2v) is 5.79. The number of anilines is 2. The zero-order chi connectivity index (χ0) is 19.2. The third kappa shape index (κ3) is 4.66. The maximum atomic E-state index is 13.2. The van der Waals surface area contributed by atoms with Gasteiger partial charge in [-0.1, -0.05) is 36.4 Å². The summed E-state index contributed by atoms with van der Waals surface area (Å²) in [6.45, 7) is 0.413. The normalized spacial score (nSPS) is 10.3. The van der Waals surface area contributed by atoms with E-state index in [1.165, 1.54) is 42.5 Å². The molecule has 0 spiro atoms. The first kappa shape index (κ1) is 18.1. The molecule has 0 atom stereocenters. The Morgan fingerprint density at radius 2 is 1.78 bits per heavy atom. The molecule has 0 unspecified atom stereocenters. The van der Waals surface area contributed by atoms with Crippen molar-refractivity contribution in [3.63, 3.8) is 0 Å². The van der Waals surface area contributed by atoms with Gasteiger partial charge in [-0.3, -0.25) is 14.9 Å². The van der Waals surface area contributed by atoms with E-state index in [1.54, 1.807) is 0 Å². The van der Waals surface area contributed by atoms with Gasteiger partial charge in [0, 0.05) is 23.9 Å². The van der Waals surface area contributed by atoms with Crippen molar-refractivity contribution in [2.24, 2.45) is 0 Å². The highest BCUT2D eigenvalue weighted by Crippen LogP contribution is 2.26. The predicted octanol–water partition coefficient (Wildman–Crippen LogP) is 4.60. The molecular weight excluding hydrogens is 349 g/mol. The molecule has 136 valence electrons. The van der Waals surface area contributed by atoms with Crippen LogP contribution in [0.1, 0.15) is 15.9 Å². The third-order valence-electron chi connectivity index (χ3n) is 3.86. The largest absolute Gasteiger partial charge is 0.375 e. The fraction of sp³-hybridized carbons (Fsp3) is 0.0500. The summed E-state index contributed by atoms with van der Waals surface area (Å²) < 4.78 is 13.2. The molecular formula is C20H16FN3O3. The summed E-state index contributed by atoms with van der Waals surface area (Å²) in [6.07, 6.45) is 0. The Kier molecular flexibility index (Phi) is 5.41. The van der Waals surface area contributed by atoms with Gasteiger partial charge in [0.05, 0.1) is 4.92 Å². The number of nitro benzene ring substituents is 1. The maximum absolute atomic E-state index is 13.2. The lowest BCUT2D eigenvalue weighted by Crippen LogP contribution is -2.13. The monoisotopic (exact) mass is 365 g/mol. The Labute approximate surface area is 154 Å². The third-order valence-corrected chi connectivity index (χ3v) is 3.86. The van der Waals surface area contributed by atoms with Crippen LogP contribution >= 0.6 is 0 Å². The molecule has 3 rings (SSSR count). The molecule has 2 N–H and O–H groups in total. The SMILES string of the molecule is O=C(Nc1cccc(F)c1)c1ccc(NCc2ccccc2)c([N+](=O)[O-])c1. The minimum atomic E-state index is -0.557. The van der Waals surface area contributed by atoms with Crippen LogP contribution in [0.3, 0.4) is 0 Å². The summed E-state index contributed by atoms with van der Waals surface area (Å²) in [5.74, 6) is -1.04. The highest BCUT2D eigenvalue weighted by Gasteiger charge is 2.17. The van der Waals surface area contributed by atoms with E-state index in [-0.39, 0.29) is 16.9 Å². The summed E-state index contributed by atoms with van der Waals surface area (Å²) in [4.78, 5) is 23.2. The average molecular weight is 365 g/mol. The van der Waals surface area contributed by atoms with Gasteiger partial charge in [0.1, 0.15) is 11.5 Å². The second kappa shape index (κ2) is 8.09. The van der Waals surface area contributed by atoms with E-state index < -0.39 is 16.6 Å². The van der Waals surface area contributed by atoms with Gasteiger partial charge < -0.3 is 10.6 Å². The number of carbonyl (C=O) groups is 1. The standard InChI is InChI=1S/C20H16FN3O3/c21-16-7-4-8-17(12-16)23-20(25)15-9-10-18(19(11-15)24(26)27)22-13-14-5-2-1-3-6-14/h1-12,22H,13H2,(H,23,25). The lowest BCUT2D eigenvalue weighted by molar-refractivity contribution is -0.384. The quantitative estimate of drug-likeness (QED) is 0.494. The Morgan fingerprint density at radius 3 is 2.48 bits per heavy atom. The van der Waals surface area contributed by atoms with Crippen molar-refractivity contribution in [1.82, 2.24) is 0 Å². The van der Waals surface area contributed by atoms with Gasteiger partial charge in [0.25, 0.3) is 11.6 Å². The summed E-state index contributed by atoms with van der Waals surface area (Å²) >= 11 is 0. The fourth-order valence-corrected chi connectivity index (χ4v) is 2.54. The van der Waals surface area contributed by atoms with Gasteiger partial charge >= 0.3 is 0 Å². The van der Waals surface area contributed by atoms with E-state index in [9.17, 15) is 19.3 Å². The molecule has 0 aromatic heterocycles. The molecule has 3 aromatic carbocycles. The molecule has 0 fully saturated rings. The smallest absolute Gasteiger partial charge is 0.293 e. The van der Waals surface area contributed by atoms with Crippen LogP contribution in [0.2, 0.25) is 0 Å². The molecule has 0 aliphatic rings. The van der Waals surface area contributed by atoms with Crippen LogP contribution in [0, 0.1) is 15.9 Å². The number of hydrogen-bond donors (Lipinski definition) is 2. The Morgan fingerprint density at radius 1 is 1.00 bits per heavy atom. The fourth-order valence-electron chi connectivity index (χ4n) is 2.54. The lowest BCUT2D eigenvalue weighted by Gasteiger charge is -2.09. The lowest BCUT2D eigenvalue weighted by atomic mass is 10.1. The van der Waals surface area contributed by atoms with Crippen molar-refractivity contribution in [3.05, 3.63) is 99.9 Å². The second-order valence-electron chi connectivity index (χ2n) is 5.79. The zero-order valence-corrected chi connectivity index (χ0v) is 14.2. The van der Waals surface area contributed by atoms with E-state index in [0.717, 1.165) is 5.56 Å². The first-order valence-corrected chi connectivity index (χ1v) is 8.16. The van der Waals surface area contributed by atoms with Crippen molar-refractivity contribution in [3.8, 4) is 0 Å². The molecule has 1 amide bonds. The Balaban J connectivity index is 1.78. The van der Waals surface area contributed by atoms with Crippen LogP contribution < -0.4 is 10.6 Å². The van der Waals surface area contributed by atoms with E-state index in [0.29, 0.717) is 12.2 Å². The van der Waals surface area contributed by atoms with Crippen LogP contribution in [0.25, 0.3) is 0 Å². The molecule has 3 aromatic rings. The summed E-state index contributed by atoms with van der Waals surface area (Å²) in [7, 11) is 0. The average Bonchev–Trinajstić information content (AvgIpc) is 2.67. The van der Waals surface area contributed by atoms with Crippen LogP contribution in [0.5, 0.6) is 0 Å². The topological polar surface area (TPSA) is 84.3 Å². The first-order chi connectivity index (χ1) is 13.0. The first-order valence-electron chi connectivity index (χ1n) is 8.16. The molecule has 0 saturated heterocycles. The molecule has 0 saturated carbocycles. The number of benzene rings is 3. The highest BCUT2D eigenvalue weighted by atomic mass is 19.1. The minimum Gasteiger partial charge on any atom is -0.375 e. The number of carbonyl (C=O) groups excluding carboxylic acids is 1.